The number of hydrogen-bond donors (Lipinski definition) is 0. The van der Waals surface area contributed by atoms with Gasteiger partial charge in [0, 0.05) is 6.07 Å². The maximum atomic E-state index is 11.1. The van der Waals surface area contributed by atoms with Crippen LogP contribution in [0.25, 0.3) is 0 Å². The Bertz CT molecular complexity index is 625. The lowest BCUT2D eigenvalue weighted by Crippen LogP contribution is -1.96. The van der Waals surface area contributed by atoms with Gasteiger partial charge in [0.15, 0.2) is 0 Å². The monoisotopic (exact) mass is 257 g/mol. The highest BCUT2D eigenvalue weighted by Gasteiger charge is 2.22. The van der Waals surface area contributed by atoms with Gasteiger partial charge >= 0.3 is 5.69 Å². The maximum absolute atomic E-state index is 11.1. The SMILES string of the molecule is O=[N+]([O-])c1cc2c(cc1Oc1ccccc1)COC2. The van der Waals surface area contributed by atoms with Gasteiger partial charge in [-0.2, -0.15) is 0 Å². The normalized spacial score (nSPS) is 13.1. The van der Waals surface area contributed by atoms with Crippen LogP contribution in [0.4, 0.5) is 5.69 Å². The van der Waals surface area contributed by atoms with E-state index in [0.29, 0.717) is 19.0 Å². The fourth-order valence-electron chi connectivity index (χ4n) is 2.03. The predicted octanol–water partition coefficient (Wildman–Crippen LogP) is 3.42. The molecule has 5 heteroatoms. The van der Waals surface area contributed by atoms with Crippen LogP contribution in [0.3, 0.4) is 0 Å². The minimum Gasteiger partial charge on any atom is -0.450 e. The van der Waals surface area contributed by atoms with Crippen molar-refractivity contribution in [3.05, 3.63) is 63.7 Å². The van der Waals surface area contributed by atoms with Gasteiger partial charge < -0.3 is 9.47 Å². The molecule has 0 aliphatic carbocycles. The van der Waals surface area contributed by atoms with E-state index in [-0.39, 0.29) is 11.4 Å². The Hall–Kier alpha value is -2.40. The average molecular weight is 257 g/mol. The van der Waals surface area contributed by atoms with Crippen LogP contribution in [0.2, 0.25) is 0 Å². The van der Waals surface area contributed by atoms with Crippen LogP contribution in [-0.4, -0.2) is 4.92 Å². The van der Waals surface area contributed by atoms with Crippen molar-refractivity contribution < 1.29 is 14.4 Å². The number of para-hydroxylation sites is 1. The number of hydrogen-bond acceptors (Lipinski definition) is 4. The smallest absolute Gasteiger partial charge is 0.311 e. The molecule has 1 aliphatic rings. The molecule has 0 saturated heterocycles. The molecule has 0 spiro atoms. The highest BCUT2D eigenvalue weighted by Crippen LogP contribution is 2.36. The van der Waals surface area contributed by atoms with Crippen molar-refractivity contribution in [1.82, 2.24) is 0 Å². The fourth-order valence-corrected chi connectivity index (χ4v) is 2.03. The van der Waals surface area contributed by atoms with Crippen molar-refractivity contribution in [3.8, 4) is 11.5 Å². The molecule has 19 heavy (non-hydrogen) atoms. The number of fused-ring (bicyclic) bond motifs is 1. The van der Waals surface area contributed by atoms with Gasteiger partial charge in [0.2, 0.25) is 5.75 Å². The van der Waals surface area contributed by atoms with Gasteiger partial charge in [-0.15, -0.1) is 0 Å². The first-order valence-corrected chi connectivity index (χ1v) is 5.85. The molecule has 0 atom stereocenters. The predicted molar refractivity (Wildman–Crippen MR) is 68.1 cm³/mol. The van der Waals surface area contributed by atoms with Crippen LogP contribution in [-0.2, 0) is 18.0 Å². The van der Waals surface area contributed by atoms with E-state index in [0.717, 1.165) is 11.1 Å². The summed E-state index contributed by atoms with van der Waals surface area (Å²) in [7, 11) is 0. The molecule has 96 valence electrons. The van der Waals surface area contributed by atoms with E-state index in [1.54, 1.807) is 18.2 Å². The van der Waals surface area contributed by atoms with E-state index < -0.39 is 4.92 Å². The summed E-state index contributed by atoms with van der Waals surface area (Å²) in [5, 5.41) is 11.1. The Balaban J connectivity index is 2.02. The van der Waals surface area contributed by atoms with Gasteiger partial charge in [0.25, 0.3) is 0 Å². The number of rotatable bonds is 3. The second kappa shape index (κ2) is 4.70. The topological polar surface area (TPSA) is 61.6 Å². The second-order valence-corrected chi connectivity index (χ2v) is 4.25. The highest BCUT2D eigenvalue weighted by molar-refractivity contribution is 5.54. The van der Waals surface area contributed by atoms with Crippen LogP contribution in [0.15, 0.2) is 42.5 Å². The zero-order valence-electron chi connectivity index (χ0n) is 10.0. The number of nitrogens with zero attached hydrogens (tertiary/aromatic N) is 1. The molecular weight excluding hydrogens is 246 g/mol. The second-order valence-electron chi connectivity index (χ2n) is 4.25. The zero-order chi connectivity index (χ0) is 13.2. The molecule has 0 N–H and O–H groups in total. The Labute approximate surface area is 109 Å². The third-order valence-electron chi connectivity index (χ3n) is 2.96. The molecule has 0 fully saturated rings. The molecule has 0 unspecified atom stereocenters. The summed E-state index contributed by atoms with van der Waals surface area (Å²) in [6.07, 6.45) is 0. The first-order chi connectivity index (χ1) is 9.24. The largest absolute Gasteiger partial charge is 0.450 e. The van der Waals surface area contributed by atoms with Gasteiger partial charge in [-0.05, 0) is 29.3 Å². The minimum atomic E-state index is -0.434. The molecule has 1 aliphatic heterocycles. The van der Waals surface area contributed by atoms with Crippen LogP contribution in [0.5, 0.6) is 11.5 Å². The van der Waals surface area contributed by atoms with E-state index in [1.807, 2.05) is 18.2 Å². The summed E-state index contributed by atoms with van der Waals surface area (Å²) in [4.78, 5) is 10.7. The van der Waals surface area contributed by atoms with E-state index in [2.05, 4.69) is 0 Å². The molecule has 2 aromatic carbocycles. The number of ether oxygens (including phenoxy) is 2. The molecule has 0 saturated carbocycles. The molecule has 3 rings (SSSR count). The van der Waals surface area contributed by atoms with Gasteiger partial charge in [0.1, 0.15) is 5.75 Å². The van der Waals surface area contributed by atoms with E-state index in [1.165, 1.54) is 6.07 Å². The van der Waals surface area contributed by atoms with Gasteiger partial charge in [-0.3, -0.25) is 10.1 Å². The lowest BCUT2D eigenvalue weighted by Gasteiger charge is -2.07. The summed E-state index contributed by atoms with van der Waals surface area (Å²) in [5.41, 5.74) is 1.76. The first-order valence-electron chi connectivity index (χ1n) is 5.85. The van der Waals surface area contributed by atoms with Gasteiger partial charge in [-0.1, -0.05) is 18.2 Å². The quantitative estimate of drug-likeness (QED) is 0.624. The minimum absolute atomic E-state index is 0.0342. The van der Waals surface area contributed by atoms with Crippen molar-refractivity contribution in [3.63, 3.8) is 0 Å². The third kappa shape index (κ3) is 2.28. The number of nitro benzene ring substituents is 1. The molecule has 0 aromatic heterocycles. The van der Waals surface area contributed by atoms with Gasteiger partial charge in [0.05, 0.1) is 18.1 Å². The zero-order valence-corrected chi connectivity index (χ0v) is 10.0. The van der Waals surface area contributed by atoms with Crippen LogP contribution < -0.4 is 4.74 Å². The van der Waals surface area contributed by atoms with Crippen LogP contribution >= 0.6 is 0 Å². The highest BCUT2D eigenvalue weighted by atomic mass is 16.6. The molecule has 0 radical (unpaired) electrons. The van der Waals surface area contributed by atoms with Crippen LogP contribution in [0, 0.1) is 10.1 Å². The molecule has 2 aromatic rings. The molecule has 5 nitrogen and oxygen atoms in total. The van der Waals surface area contributed by atoms with Crippen molar-refractivity contribution in [1.29, 1.82) is 0 Å². The molecule has 0 bridgehead atoms. The Kier molecular flexibility index (Phi) is 2.89. The van der Waals surface area contributed by atoms with E-state index in [9.17, 15) is 10.1 Å². The van der Waals surface area contributed by atoms with E-state index >= 15 is 0 Å². The Morgan fingerprint density at radius 2 is 1.79 bits per heavy atom. The van der Waals surface area contributed by atoms with Gasteiger partial charge in [-0.25, -0.2) is 0 Å². The standard InChI is InChI=1S/C14H11NO4/c16-15(17)13-6-10-8-18-9-11(10)7-14(13)19-12-4-2-1-3-5-12/h1-7H,8-9H2. The first kappa shape index (κ1) is 11.7. The number of nitro groups is 1. The fraction of sp³-hybridized carbons (Fsp3) is 0.143. The van der Waals surface area contributed by atoms with Crippen molar-refractivity contribution in [2.45, 2.75) is 13.2 Å². The van der Waals surface area contributed by atoms with E-state index in [4.69, 9.17) is 9.47 Å². The summed E-state index contributed by atoms with van der Waals surface area (Å²) < 4.78 is 10.9. The lowest BCUT2D eigenvalue weighted by atomic mass is 10.1. The summed E-state index contributed by atoms with van der Waals surface area (Å²) in [5.74, 6) is 0.824. The van der Waals surface area contributed by atoms with Crippen molar-refractivity contribution >= 4 is 5.69 Å². The molecule has 0 amide bonds. The Morgan fingerprint density at radius 1 is 1.11 bits per heavy atom. The van der Waals surface area contributed by atoms with Crippen LogP contribution in [0.1, 0.15) is 11.1 Å². The van der Waals surface area contributed by atoms with Crippen molar-refractivity contribution in [2.24, 2.45) is 0 Å². The van der Waals surface area contributed by atoms with Crippen molar-refractivity contribution in [2.75, 3.05) is 0 Å². The molecule has 1 heterocycles. The molecular formula is C14H11NO4. The Morgan fingerprint density at radius 3 is 2.47 bits per heavy atom. The summed E-state index contributed by atoms with van der Waals surface area (Å²) >= 11 is 0. The number of benzene rings is 2. The lowest BCUT2D eigenvalue weighted by molar-refractivity contribution is -0.385. The summed E-state index contributed by atoms with van der Waals surface area (Å²) in [6.45, 7) is 0.889. The average Bonchev–Trinajstić information content (AvgIpc) is 2.86. The summed E-state index contributed by atoms with van der Waals surface area (Å²) in [6, 6.07) is 12.2. The maximum Gasteiger partial charge on any atom is 0.311 e. The third-order valence-corrected chi connectivity index (χ3v) is 2.96.